The molecule has 8 heteroatoms. The fourth-order valence-electron chi connectivity index (χ4n) is 1.90. The maximum atomic E-state index is 12.4. The molecule has 7 nitrogen and oxygen atoms in total. The summed E-state index contributed by atoms with van der Waals surface area (Å²) in [6.07, 6.45) is 0. The Balaban J connectivity index is 2.78. The number of carbonyl (C=O) groups is 3. The average molecular weight is 304 g/mol. The standard InChI is InChI=1S/C12H20N2O5S/c1-7(2)10(13-9(15)4-19-3)11(16)14-6-20-5-8(14)12(17)18/h7-8,10H,4-6H2,1-3H3,(H,13,15)(H,17,18)/t8-,10-/m0/s1. The Labute approximate surface area is 122 Å². The molecule has 1 heterocycles. The molecule has 1 saturated heterocycles. The zero-order valence-electron chi connectivity index (χ0n) is 11.8. The van der Waals surface area contributed by atoms with Crippen LogP contribution in [0.3, 0.4) is 0 Å². The molecule has 20 heavy (non-hydrogen) atoms. The van der Waals surface area contributed by atoms with E-state index in [4.69, 9.17) is 9.84 Å². The molecule has 1 aliphatic rings. The van der Waals surface area contributed by atoms with E-state index in [1.54, 1.807) is 13.8 Å². The first-order chi connectivity index (χ1) is 9.38. The summed E-state index contributed by atoms with van der Waals surface area (Å²) in [6, 6.07) is -1.56. The number of thioether (sulfide) groups is 1. The summed E-state index contributed by atoms with van der Waals surface area (Å²) in [6.45, 7) is 3.47. The quantitative estimate of drug-likeness (QED) is 0.703. The SMILES string of the molecule is COCC(=O)N[C@H](C(=O)N1CSC[C@H]1C(=O)O)C(C)C. The molecule has 0 unspecified atom stereocenters. The minimum atomic E-state index is -1.02. The number of carboxylic acids is 1. The van der Waals surface area contributed by atoms with E-state index in [1.165, 1.54) is 23.8 Å². The van der Waals surface area contributed by atoms with Crippen LogP contribution >= 0.6 is 11.8 Å². The molecule has 0 spiro atoms. The number of aliphatic carboxylic acids is 1. The molecule has 1 fully saturated rings. The van der Waals surface area contributed by atoms with Gasteiger partial charge in [-0.3, -0.25) is 9.59 Å². The molecule has 0 saturated carbocycles. The molecular weight excluding hydrogens is 284 g/mol. The van der Waals surface area contributed by atoms with Crippen LogP contribution in [0.2, 0.25) is 0 Å². The third-order valence-electron chi connectivity index (χ3n) is 2.98. The molecule has 0 aromatic heterocycles. The number of carboxylic acid groups (broad SMARTS) is 1. The van der Waals surface area contributed by atoms with Gasteiger partial charge in [-0.1, -0.05) is 13.8 Å². The summed E-state index contributed by atoms with van der Waals surface area (Å²) in [7, 11) is 1.39. The molecule has 1 rings (SSSR count). The maximum Gasteiger partial charge on any atom is 0.327 e. The van der Waals surface area contributed by atoms with Crippen LogP contribution in [0.15, 0.2) is 0 Å². The van der Waals surface area contributed by atoms with Gasteiger partial charge in [-0.2, -0.15) is 0 Å². The number of rotatable bonds is 6. The highest BCUT2D eigenvalue weighted by molar-refractivity contribution is 7.99. The van der Waals surface area contributed by atoms with Crippen LogP contribution in [-0.2, 0) is 19.1 Å². The second-order valence-corrected chi connectivity index (χ2v) is 5.88. The predicted molar refractivity (Wildman–Crippen MR) is 74.2 cm³/mol. The van der Waals surface area contributed by atoms with Crippen LogP contribution in [0, 0.1) is 5.92 Å². The number of amides is 2. The van der Waals surface area contributed by atoms with E-state index in [2.05, 4.69) is 5.32 Å². The molecule has 1 aliphatic heterocycles. The van der Waals surface area contributed by atoms with Gasteiger partial charge in [0.05, 0.1) is 5.88 Å². The van der Waals surface area contributed by atoms with E-state index in [0.29, 0.717) is 11.6 Å². The highest BCUT2D eigenvalue weighted by Crippen LogP contribution is 2.23. The lowest BCUT2D eigenvalue weighted by Gasteiger charge is -2.28. The Morgan fingerprint density at radius 2 is 2.10 bits per heavy atom. The molecule has 0 aromatic carbocycles. The average Bonchev–Trinajstić information content (AvgIpc) is 2.84. The van der Waals surface area contributed by atoms with Gasteiger partial charge < -0.3 is 20.1 Å². The predicted octanol–water partition coefficient (Wildman–Crippen LogP) is -0.240. The fraction of sp³-hybridized carbons (Fsp3) is 0.750. The van der Waals surface area contributed by atoms with Gasteiger partial charge >= 0.3 is 5.97 Å². The monoisotopic (exact) mass is 304 g/mol. The number of methoxy groups -OCH3 is 1. The van der Waals surface area contributed by atoms with Crippen LogP contribution in [0.4, 0.5) is 0 Å². The Bertz CT molecular complexity index is 388. The Morgan fingerprint density at radius 1 is 1.45 bits per heavy atom. The Hall–Kier alpha value is -1.28. The van der Waals surface area contributed by atoms with Gasteiger partial charge in [-0.25, -0.2) is 4.79 Å². The summed E-state index contributed by atoms with van der Waals surface area (Å²) in [5.74, 6) is -1.20. The first-order valence-electron chi connectivity index (χ1n) is 6.27. The zero-order chi connectivity index (χ0) is 15.3. The van der Waals surface area contributed by atoms with Crippen molar-refractivity contribution in [3.63, 3.8) is 0 Å². The van der Waals surface area contributed by atoms with Crippen molar-refractivity contribution >= 4 is 29.5 Å². The van der Waals surface area contributed by atoms with Gasteiger partial charge in [0.2, 0.25) is 11.8 Å². The molecule has 2 N–H and O–H groups in total. The van der Waals surface area contributed by atoms with E-state index < -0.39 is 24.0 Å². The number of ether oxygens (including phenoxy) is 1. The summed E-state index contributed by atoms with van der Waals surface area (Å²) < 4.78 is 4.71. The smallest absolute Gasteiger partial charge is 0.327 e. The van der Waals surface area contributed by atoms with Crippen molar-refractivity contribution in [1.82, 2.24) is 10.2 Å². The molecule has 0 aromatic rings. The third-order valence-corrected chi connectivity index (χ3v) is 3.99. The van der Waals surface area contributed by atoms with Crippen LogP contribution in [-0.4, -0.2) is 65.2 Å². The van der Waals surface area contributed by atoms with Gasteiger partial charge in [0.15, 0.2) is 0 Å². The topological polar surface area (TPSA) is 95.9 Å². The number of nitrogens with one attached hydrogen (secondary N) is 1. The van der Waals surface area contributed by atoms with Gasteiger partial charge in [0, 0.05) is 12.9 Å². The number of hydrogen-bond acceptors (Lipinski definition) is 5. The van der Waals surface area contributed by atoms with Crippen molar-refractivity contribution in [1.29, 1.82) is 0 Å². The van der Waals surface area contributed by atoms with Crippen molar-refractivity contribution in [2.24, 2.45) is 5.92 Å². The van der Waals surface area contributed by atoms with Crippen LogP contribution in [0.25, 0.3) is 0 Å². The first-order valence-corrected chi connectivity index (χ1v) is 7.43. The van der Waals surface area contributed by atoms with Gasteiger partial charge in [-0.05, 0) is 5.92 Å². The highest BCUT2D eigenvalue weighted by Gasteiger charge is 2.38. The van der Waals surface area contributed by atoms with Gasteiger partial charge in [0.1, 0.15) is 18.7 Å². The zero-order valence-corrected chi connectivity index (χ0v) is 12.6. The minimum absolute atomic E-state index is 0.131. The second-order valence-electron chi connectivity index (χ2n) is 4.88. The lowest BCUT2D eigenvalue weighted by molar-refractivity contribution is -0.149. The largest absolute Gasteiger partial charge is 0.480 e. The lowest BCUT2D eigenvalue weighted by atomic mass is 10.0. The van der Waals surface area contributed by atoms with Crippen LogP contribution < -0.4 is 5.32 Å². The first kappa shape index (κ1) is 16.8. The highest BCUT2D eigenvalue weighted by atomic mass is 32.2. The molecule has 0 radical (unpaired) electrons. The lowest BCUT2D eigenvalue weighted by Crippen LogP contribution is -2.54. The van der Waals surface area contributed by atoms with E-state index in [0.717, 1.165) is 0 Å². The van der Waals surface area contributed by atoms with Gasteiger partial charge in [-0.15, -0.1) is 11.8 Å². The number of nitrogens with zero attached hydrogens (tertiary/aromatic N) is 1. The minimum Gasteiger partial charge on any atom is -0.480 e. The van der Waals surface area contributed by atoms with Crippen molar-refractivity contribution in [3.05, 3.63) is 0 Å². The van der Waals surface area contributed by atoms with E-state index in [-0.39, 0.29) is 18.4 Å². The summed E-state index contributed by atoms with van der Waals surface area (Å²) in [4.78, 5) is 36.4. The fourth-order valence-corrected chi connectivity index (χ4v) is 3.06. The van der Waals surface area contributed by atoms with Crippen LogP contribution in [0.5, 0.6) is 0 Å². The van der Waals surface area contributed by atoms with E-state index in [9.17, 15) is 14.4 Å². The Morgan fingerprint density at radius 3 is 2.60 bits per heavy atom. The molecular formula is C12H20N2O5S. The number of hydrogen-bond donors (Lipinski definition) is 2. The van der Waals surface area contributed by atoms with Crippen LogP contribution in [0.1, 0.15) is 13.8 Å². The molecule has 0 aliphatic carbocycles. The van der Waals surface area contributed by atoms with E-state index in [1.807, 2.05) is 0 Å². The van der Waals surface area contributed by atoms with Crippen molar-refractivity contribution in [3.8, 4) is 0 Å². The van der Waals surface area contributed by atoms with E-state index >= 15 is 0 Å². The second kappa shape index (κ2) is 7.49. The van der Waals surface area contributed by atoms with Gasteiger partial charge in [0.25, 0.3) is 0 Å². The van der Waals surface area contributed by atoms with Crippen molar-refractivity contribution in [2.45, 2.75) is 25.9 Å². The number of carbonyl (C=O) groups excluding carboxylic acids is 2. The molecule has 2 atom stereocenters. The third kappa shape index (κ3) is 4.11. The summed E-state index contributed by atoms with van der Waals surface area (Å²) in [5.41, 5.74) is 0. The van der Waals surface area contributed by atoms with Crippen molar-refractivity contribution in [2.75, 3.05) is 25.3 Å². The maximum absolute atomic E-state index is 12.4. The summed E-state index contributed by atoms with van der Waals surface area (Å²) in [5, 5.41) is 11.7. The van der Waals surface area contributed by atoms with Crippen molar-refractivity contribution < 1.29 is 24.2 Å². The summed E-state index contributed by atoms with van der Waals surface area (Å²) >= 11 is 1.39. The molecule has 114 valence electrons. The normalized spacial score (nSPS) is 20.0. The molecule has 0 bridgehead atoms. The molecule has 2 amide bonds. The Kier molecular flexibility index (Phi) is 6.28.